The molecule has 1 aromatic rings. The van der Waals surface area contributed by atoms with Crippen molar-refractivity contribution in [3.05, 3.63) is 29.8 Å². The van der Waals surface area contributed by atoms with Gasteiger partial charge in [-0.15, -0.1) is 0 Å². The summed E-state index contributed by atoms with van der Waals surface area (Å²) in [4.78, 5) is 2.75. The van der Waals surface area contributed by atoms with E-state index in [2.05, 4.69) is 10.2 Å². The Balaban J connectivity index is 2.21. The standard InChI is InChI=1S/C12H17N3OS/c13-12(17)11(15-7-5-14-6-8-15)9-1-3-10(16)4-2-9/h1-4,11,14,16H,5-8H2,(H2,13,17). The molecule has 0 radical (unpaired) electrons. The van der Waals surface area contributed by atoms with Crippen LogP contribution in [0.3, 0.4) is 0 Å². The fraction of sp³-hybridized carbons (Fsp3) is 0.417. The lowest BCUT2D eigenvalue weighted by atomic mass is 10.0. The van der Waals surface area contributed by atoms with E-state index in [0.717, 1.165) is 31.7 Å². The van der Waals surface area contributed by atoms with Crippen LogP contribution in [-0.2, 0) is 0 Å². The number of nitrogens with one attached hydrogen (secondary N) is 1. The molecule has 4 N–H and O–H groups in total. The highest BCUT2D eigenvalue weighted by molar-refractivity contribution is 7.80. The fourth-order valence-electron chi connectivity index (χ4n) is 2.15. The first-order valence-corrected chi connectivity index (χ1v) is 6.12. The Bertz CT molecular complexity index is 387. The number of piperazine rings is 1. The molecule has 17 heavy (non-hydrogen) atoms. The lowest BCUT2D eigenvalue weighted by Gasteiger charge is -2.34. The van der Waals surface area contributed by atoms with Crippen molar-refractivity contribution in [3.63, 3.8) is 0 Å². The van der Waals surface area contributed by atoms with E-state index in [1.54, 1.807) is 12.1 Å². The van der Waals surface area contributed by atoms with Crippen LogP contribution in [0.2, 0.25) is 0 Å². The van der Waals surface area contributed by atoms with Crippen molar-refractivity contribution in [2.24, 2.45) is 5.73 Å². The number of hydrogen-bond acceptors (Lipinski definition) is 4. The van der Waals surface area contributed by atoms with Gasteiger partial charge in [0, 0.05) is 26.2 Å². The van der Waals surface area contributed by atoms with Gasteiger partial charge in [0.05, 0.1) is 11.0 Å². The van der Waals surface area contributed by atoms with Crippen molar-refractivity contribution in [2.75, 3.05) is 26.2 Å². The van der Waals surface area contributed by atoms with Gasteiger partial charge in [0.15, 0.2) is 0 Å². The van der Waals surface area contributed by atoms with E-state index in [0.29, 0.717) is 4.99 Å². The number of nitrogens with zero attached hydrogens (tertiary/aromatic N) is 1. The largest absolute Gasteiger partial charge is 0.508 e. The molecule has 1 heterocycles. The molecule has 0 bridgehead atoms. The molecule has 1 aromatic carbocycles. The first kappa shape index (κ1) is 12.3. The third-order valence-electron chi connectivity index (χ3n) is 3.00. The summed E-state index contributed by atoms with van der Waals surface area (Å²) < 4.78 is 0. The molecule has 92 valence electrons. The van der Waals surface area contributed by atoms with E-state index >= 15 is 0 Å². The van der Waals surface area contributed by atoms with Crippen LogP contribution in [0.1, 0.15) is 11.6 Å². The van der Waals surface area contributed by atoms with E-state index in [4.69, 9.17) is 18.0 Å². The molecule has 4 nitrogen and oxygen atoms in total. The Morgan fingerprint density at radius 2 is 1.88 bits per heavy atom. The molecular weight excluding hydrogens is 234 g/mol. The average molecular weight is 251 g/mol. The Morgan fingerprint density at radius 1 is 1.29 bits per heavy atom. The highest BCUT2D eigenvalue weighted by Gasteiger charge is 2.24. The van der Waals surface area contributed by atoms with Crippen LogP contribution in [0, 0.1) is 0 Å². The Kier molecular flexibility index (Phi) is 3.93. The number of hydrogen-bond donors (Lipinski definition) is 3. The average Bonchev–Trinajstić information content (AvgIpc) is 2.33. The third kappa shape index (κ3) is 2.94. The van der Waals surface area contributed by atoms with E-state index in [1.165, 1.54) is 0 Å². The van der Waals surface area contributed by atoms with Crippen molar-refractivity contribution in [3.8, 4) is 5.75 Å². The third-order valence-corrected chi connectivity index (χ3v) is 3.22. The summed E-state index contributed by atoms with van der Waals surface area (Å²) in [7, 11) is 0. The minimum absolute atomic E-state index is 0.0345. The lowest BCUT2D eigenvalue weighted by molar-refractivity contribution is 0.215. The van der Waals surface area contributed by atoms with Gasteiger partial charge in [-0.3, -0.25) is 4.90 Å². The molecule has 1 atom stereocenters. The summed E-state index contributed by atoms with van der Waals surface area (Å²) in [6, 6.07) is 7.06. The van der Waals surface area contributed by atoms with Gasteiger partial charge in [-0.1, -0.05) is 24.4 Å². The topological polar surface area (TPSA) is 61.5 Å². The van der Waals surface area contributed by atoms with Crippen LogP contribution >= 0.6 is 12.2 Å². The molecule has 1 saturated heterocycles. The molecule has 0 amide bonds. The normalized spacial score (nSPS) is 18.8. The first-order valence-electron chi connectivity index (χ1n) is 5.71. The molecule has 1 unspecified atom stereocenters. The quantitative estimate of drug-likeness (QED) is 0.688. The molecule has 2 rings (SSSR count). The number of nitrogens with two attached hydrogens (primary N) is 1. The van der Waals surface area contributed by atoms with Gasteiger partial charge >= 0.3 is 0 Å². The molecule has 1 aliphatic heterocycles. The van der Waals surface area contributed by atoms with Crippen molar-refractivity contribution in [1.82, 2.24) is 10.2 Å². The number of aromatic hydroxyl groups is 1. The van der Waals surface area contributed by atoms with Crippen LogP contribution in [0.4, 0.5) is 0 Å². The van der Waals surface area contributed by atoms with Crippen LogP contribution < -0.4 is 11.1 Å². The van der Waals surface area contributed by atoms with Crippen LogP contribution in [0.15, 0.2) is 24.3 Å². The zero-order valence-corrected chi connectivity index (χ0v) is 10.4. The van der Waals surface area contributed by atoms with Crippen LogP contribution in [0.5, 0.6) is 5.75 Å². The predicted octanol–water partition coefficient (Wildman–Crippen LogP) is 0.625. The van der Waals surface area contributed by atoms with E-state index in [-0.39, 0.29) is 11.8 Å². The van der Waals surface area contributed by atoms with Gasteiger partial charge < -0.3 is 16.2 Å². The van der Waals surface area contributed by atoms with E-state index in [9.17, 15) is 5.11 Å². The molecular formula is C12H17N3OS. The van der Waals surface area contributed by atoms with Crippen molar-refractivity contribution < 1.29 is 5.11 Å². The molecule has 0 saturated carbocycles. The van der Waals surface area contributed by atoms with Crippen molar-refractivity contribution in [2.45, 2.75) is 6.04 Å². The maximum atomic E-state index is 9.30. The van der Waals surface area contributed by atoms with Crippen LogP contribution in [0.25, 0.3) is 0 Å². The summed E-state index contributed by atoms with van der Waals surface area (Å²) in [6.45, 7) is 3.78. The second-order valence-corrected chi connectivity index (χ2v) is 4.65. The summed E-state index contributed by atoms with van der Waals surface area (Å²) in [5.74, 6) is 0.260. The second kappa shape index (κ2) is 5.44. The van der Waals surface area contributed by atoms with E-state index in [1.807, 2.05) is 12.1 Å². The van der Waals surface area contributed by atoms with Crippen molar-refractivity contribution >= 4 is 17.2 Å². The molecule has 0 aliphatic carbocycles. The zero-order chi connectivity index (χ0) is 12.3. The summed E-state index contributed by atoms with van der Waals surface area (Å²) in [6.07, 6.45) is 0. The Labute approximate surface area is 106 Å². The maximum Gasteiger partial charge on any atom is 0.115 e. The van der Waals surface area contributed by atoms with Gasteiger partial charge in [0.2, 0.25) is 0 Å². The number of phenols is 1. The Morgan fingerprint density at radius 3 is 2.41 bits per heavy atom. The van der Waals surface area contributed by atoms with Crippen LogP contribution in [-0.4, -0.2) is 41.2 Å². The summed E-state index contributed by atoms with van der Waals surface area (Å²) >= 11 is 5.17. The van der Waals surface area contributed by atoms with Crippen molar-refractivity contribution in [1.29, 1.82) is 0 Å². The van der Waals surface area contributed by atoms with E-state index < -0.39 is 0 Å². The highest BCUT2D eigenvalue weighted by Crippen LogP contribution is 2.23. The summed E-state index contributed by atoms with van der Waals surface area (Å²) in [5, 5.41) is 12.6. The molecule has 5 heteroatoms. The van der Waals surface area contributed by atoms with Gasteiger partial charge in [-0.25, -0.2) is 0 Å². The monoisotopic (exact) mass is 251 g/mol. The van der Waals surface area contributed by atoms with Gasteiger partial charge in [-0.05, 0) is 17.7 Å². The lowest BCUT2D eigenvalue weighted by Crippen LogP contribution is -2.48. The second-order valence-electron chi connectivity index (χ2n) is 4.18. The summed E-state index contributed by atoms with van der Waals surface area (Å²) in [5.41, 5.74) is 6.88. The maximum absolute atomic E-state index is 9.30. The van der Waals surface area contributed by atoms with Gasteiger partial charge in [-0.2, -0.15) is 0 Å². The highest BCUT2D eigenvalue weighted by atomic mass is 32.1. The molecule has 1 fully saturated rings. The zero-order valence-electron chi connectivity index (χ0n) is 9.60. The number of rotatable bonds is 3. The first-order chi connectivity index (χ1) is 8.18. The van der Waals surface area contributed by atoms with Gasteiger partial charge in [0.1, 0.15) is 5.75 Å². The smallest absolute Gasteiger partial charge is 0.115 e. The fourth-order valence-corrected chi connectivity index (χ4v) is 2.44. The molecule has 0 aromatic heterocycles. The number of thiocarbonyl (C=S) groups is 1. The molecule has 0 spiro atoms. The molecule has 1 aliphatic rings. The van der Waals surface area contributed by atoms with Gasteiger partial charge in [0.25, 0.3) is 0 Å². The SMILES string of the molecule is NC(=S)C(c1ccc(O)cc1)N1CCNCC1. The minimum Gasteiger partial charge on any atom is -0.508 e. The number of benzene rings is 1. The Hall–Kier alpha value is -1.17. The number of phenolic OH excluding ortho intramolecular Hbond substituents is 1. The minimum atomic E-state index is -0.0345. The predicted molar refractivity (Wildman–Crippen MR) is 72.1 cm³/mol.